The van der Waals surface area contributed by atoms with E-state index in [0.717, 1.165) is 11.1 Å². The van der Waals surface area contributed by atoms with Crippen molar-refractivity contribution in [3.63, 3.8) is 0 Å². The molecule has 0 spiro atoms. The van der Waals surface area contributed by atoms with Crippen LogP contribution in [0.15, 0.2) is 54.6 Å². The zero-order valence-electron chi connectivity index (χ0n) is 14.1. The zero-order valence-corrected chi connectivity index (χ0v) is 14.1. The highest BCUT2D eigenvalue weighted by Gasteiger charge is 2.15. The third-order valence-corrected chi connectivity index (χ3v) is 3.41. The number of aliphatic carboxylic acids is 1. The van der Waals surface area contributed by atoms with Crippen LogP contribution in [0.2, 0.25) is 0 Å². The summed E-state index contributed by atoms with van der Waals surface area (Å²) in [4.78, 5) is 22.1. The van der Waals surface area contributed by atoms with Gasteiger partial charge in [-0.1, -0.05) is 36.4 Å². The van der Waals surface area contributed by atoms with E-state index in [2.05, 4.69) is 0 Å². The second-order valence-corrected chi connectivity index (χ2v) is 5.86. The number of carbonyl (C=O) groups excluding carboxylic acids is 1. The summed E-state index contributed by atoms with van der Waals surface area (Å²) in [5.41, 5.74) is 2.29. The molecule has 5 heteroatoms. The van der Waals surface area contributed by atoms with Crippen LogP contribution in [0.3, 0.4) is 0 Å². The summed E-state index contributed by atoms with van der Waals surface area (Å²) in [5.74, 6) is -2.86. The summed E-state index contributed by atoms with van der Waals surface area (Å²) in [6.07, 6.45) is 1.19. The lowest BCUT2D eigenvalue weighted by Crippen LogP contribution is -2.11. The summed E-state index contributed by atoms with van der Waals surface area (Å²) in [7, 11) is 0. The van der Waals surface area contributed by atoms with Gasteiger partial charge in [-0.2, -0.15) is 0 Å². The molecule has 130 valence electrons. The summed E-state index contributed by atoms with van der Waals surface area (Å²) in [6, 6.07) is 15.1. The maximum absolute atomic E-state index is 11.4. The lowest BCUT2D eigenvalue weighted by atomic mass is 10.0. The van der Waals surface area contributed by atoms with E-state index in [1.54, 1.807) is 12.1 Å². The highest BCUT2D eigenvalue weighted by Crippen LogP contribution is 2.28. The molecule has 0 atom stereocenters. The topological polar surface area (TPSA) is 83.8 Å². The highest BCUT2D eigenvalue weighted by molar-refractivity contribution is 6.38. The number of aliphatic hydroxyl groups is 1. The van der Waals surface area contributed by atoms with E-state index in [4.69, 9.17) is 9.84 Å². The predicted molar refractivity (Wildman–Crippen MR) is 94.7 cm³/mol. The molecule has 0 amide bonds. The summed E-state index contributed by atoms with van der Waals surface area (Å²) >= 11 is 0. The molecule has 2 N–H and O–H groups in total. The molecule has 0 fully saturated rings. The van der Waals surface area contributed by atoms with Crippen LogP contribution >= 0.6 is 0 Å². The summed E-state index contributed by atoms with van der Waals surface area (Å²) in [6.45, 7) is 3.68. The minimum absolute atomic E-state index is 0.137. The average Bonchev–Trinajstić information content (AvgIpc) is 2.56. The minimum Gasteiger partial charge on any atom is -0.507 e. The largest absolute Gasteiger partial charge is 0.507 e. The molecule has 0 saturated heterocycles. The number of ether oxygens (including phenoxy) is 1. The predicted octanol–water partition coefficient (Wildman–Crippen LogP) is 3.62. The number of hydrogen-bond acceptors (Lipinski definition) is 4. The second-order valence-electron chi connectivity index (χ2n) is 5.86. The Morgan fingerprint density at radius 3 is 2.32 bits per heavy atom. The Bertz CT molecular complexity index is 791. The molecule has 2 aromatic rings. The molecule has 0 radical (unpaired) electrons. The van der Waals surface area contributed by atoms with Gasteiger partial charge in [-0.3, -0.25) is 4.79 Å². The van der Waals surface area contributed by atoms with Crippen LogP contribution in [0.25, 0.3) is 5.76 Å². The zero-order chi connectivity index (χ0) is 18.4. The van der Waals surface area contributed by atoms with Gasteiger partial charge < -0.3 is 14.9 Å². The fraction of sp³-hybridized carbons (Fsp3) is 0.200. The third kappa shape index (κ3) is 5.21. The number of hydrogen-bond donors (Lipinski definition) is 2. The molecule has 2 aromatic carbocycles. The molecule has 0 heterocycles. The lowest BCUT2D eigenvalue weighted by molar-refractivity contribution is -0.146. The van der Waals surface area contributed by atoms with Crippen molar-refractivity contribution in [2.24, 2.45) is 0 Å². The molecule has 5 nitrogen and oxygen atoms in total. The number of rotatable bonds is 7. The Kier molecular flexibility index (Phi) is 5.95. The van der Waals surface area contributed by atoms with Crippen LogP contribution in [-0.2, 0) is 16.0 Å². The first kappa shape index (κ1) is 18.3. The van der Waals surface area contributed by atoms with Gasteiger partial charge in [0, 0.05) is 6.08 Å². The SMILES string of the molecule is CC(C)Oc1ccc(Cc2ccccc2)cc1/C(O)=C/C(=O)C(=O)O. The van der Waals surface area contributed by atoms with Crippen LogP contribution < -0.4 is 4.74 Å². The number of carbonyl (C=O) groups is 2. The van der Waals surface area contributed by atoms with Gasteiger partial charge in [0.05, 0.1) is 11.7 Å². The van der Waals surface area contributed by atoms with Gasteiger partial charge in [0.15, 0.2) is 0 Å². The number of carboxylic acids is 1. The molecule has 0 saturated carbocycles. The van der Waals surface area contributed by atoms with Crippen molar-refractivity contribution >= 4 is 17.5 Å². The first-order valence-corrected chi connectivity index (χ1v) is 7.88. The Labute approximate surface area is 146 Å². The van der Waals surface area contributed by atoms with Crippen LogP contribution in [0.4, 0.5) is 0 Å². The van der Waals surface area contributed by atoms with Gasteiger partial charge in [0.1, 0.15) is 11.5 Å². The van der Waals surface area contributed by atoms with Crippen molar-refractivity contribution < 1.29 is 24.5 Å². The Morgan fingerprint density at radius 2 is 1.72 bits per heavy atom. The van der Waals surface area contributed by atoms with E-state index < -0.39 is 17.5 Å². The maximum atomic E-state index is 11.4. The van der Waals surface area contributed by atoms with Crippen molar-refractivity contribution in [2.45, 2.75) is 26.4 Å². The molecule has 0 bridgehead atoms. The Hall–Kier alpha value is -3.08. The highest BCUT2D eigenvalue weighted by atomic mass is 16.5. The van der Waals surface area contributed by atoms with Crippen LogP contribution in [-0.4, -0.2) is 28.1 Å². The molecule has 0 aliphatic rings. The Balaban J connectivity index is 2.40. The molecule has 0 aromatic heterocycles. The van der Waals surface area contributed by atoms with Crippen LogP contribution in [0.5, 0.6) is 5.75 Å². The van der Waals surface area contributed by atoms with Gasteiger partial charge in [0.25, 0.3) is 5.78 Å². The van der Waals surface area contributed by atoms with Crippen molar-refractivity contribution in [1.29, 1.82) is 0 Å². The molecule has 0 unspecified atom stereocenters. The Morgan fingerprint density at radius 1 is 1.04 bits per heavy atom. The van der Waals surface area contributed by atoms with Crippen molar-refractivity contribution in [3.8, 4) is 5.75 Å². The standard InChI is InChI=1S/C20H20O5/c1-13(2)25-19-9-8-15(10-14-6-4-3-5-7-14)11-16(19)17(21)12-18(22)20(23)24/h3-9,11-13,21H,10H2,1-2H3,(H,23,24)/b17-12-. The van der Waals surface area contributed by atoms with Crippen LogP contribution in [0, 0.1) is 0 Å². The number of benzene rings is 2. The number of aliphatic hydroxyl groups excluding tert-OH is 1. The van der Waals surface area contributed by atoms with Gasteiger partial charge in [-0.15, -0.1) is 0 Å². The molecular weight excluding hydrogens is 320 g/mol. The van der Waals surface area contributed by atoms with Gasteiger partial charge >= 0.3 is 5.97 Å². The first-order valence-electron chi connectivity index (χ1n) is 7.88. The van der Waals surface area contributed by atoms with Crippen molar-refractivity contribution in [3.05, 3.63) is 71.3 Å². The molecule has 2 rings (SSSR count). The molecule has 0 aliphatic carbocycles. The smallest absolute Gasteiger partial charge is 0.376 e. The van der Waals surface area contributed by atoms with Crippen molar-refractivity contribution in [1.82, 2.24) is 0 Å². The first-order chi connectivity index (χ1) is 11.9. The van der Waals surface area contributed by atoms with E-state index >= 15 is 0 Å². The number of ketones is 1. The van der Waals surface area contributed by atoms with E-state index in [9.17, 15) is 14.7 Å². The summed E-state index contributed by atoms with van der Waals surface area (Å²) < 4.78 is 5.65. The van der Waals surface area contributed by atoms with E-state index in [-0.39, 0.29) is 11.7 Å². The monoisotopic (exact) mass is 340 g/mol. The van der Waals surface area contributed by atoms with Gasteiger partial charge in [0.2, 0.25) is 0 Å². The lowest BCUT2D eigenvalue weighted by Gasteiger charge is -2.15. The normalized spacial score (nSPS) is 11.4. The van der Waals surface area contributed by atoms with Gasteiger partial charge in [-0.25, -0.2) is 4.79 Å². The average molecular weight is 340 g/mol. The van der Waals surface area contributed by atoms with E-state index in [1.165, 1.54) is 0 Å². The minimum atomic E-state index is -1.63. The molecule has 25 heavy (non-hydrogen) atoms. The fourth-order valence-electron chi connectivity index (χ4n) is 2.34. The summed E-state index contributed by atoms with van der Waals surface area (Å²) in [5, 5.41) is 18.9. The third-order valence-electron chi connectivity index (χ3n) is 3.41. The van der Waals surface area contributed by atoms with E-state index in [0.29, 0.717) is 18.2 Å². The molecule has 0 aliphatic heterocycles. The fourth-order valence-corrected chi connectivity index (χ4v) is 2.34. The van der Waals surface area contributed by atoms with Gasteiger partial charge in [-0.05, 0) is 43.5 Å². The number of carboxylic acid groups (broad SMARTS) is 1. The van der Waals surface area contributed by atoms with Crippen LogP contribution in [0.1, 0.15) is 30.5 Å². The quantitative estimate of drug-likeness (QED) is 0.457. The van der Waals surface area contributed by atoms with E-state index in [1.807, 2.05) is 50.2 Å². The molecular formula is C20H20O5. The second kappa shape index (κ2) is 8.15. The maximum Gasteiger partial charge on any atom is 0.376 e. The van der Waals surface area contributed by atoms with Crippen molar-refractivity contribution in [2.75, 3.05) is 0 Å².